The highest BCUT2D eigenvalue weighted by Gasteiger charge is 2.36. The molecule has 0 bridgehead atoms. The predicted molar refractivity (Wildman–Crippen MR) is 116 cm³/mol. The third-order valence-corrected chi connectivity index (χ3v) is 5.10. The highest BCUT2D eigenvalue weighted by Crippen LogP contribution is 2.29. The van der Waals surface area contributed by atoms with E-state index in [4.69, 9.17) is 0 Å². The van der Waals surface area contributed by atoms with Gasteiger partial charge in [0.25, 0.3) is 11.8 Å². The number of carbonyl (C=O) groups excluding carboxylic acids is 3. The van der Waals surface area contributed by atoms with Crippen LogP contribution in [-0.4, -0.2) is 37.9 Å². The minimum absolute atomic E-state index is 0.160. The quantitative estimate of drug-likeness (QED) is 0.493. The monoisotopic (exact) mass is 424 g/mol. The first-order valence-corrected chi connectivity index (χ1v) is 9.80. The van der Waals surface area contributed by atoms with Crippen LogP contribution in [0.5, 0.6) is 0 Å². The van der Waals surface area contributed by atoms with Gasteiger partial charge < -0.3 is 5.32 Å². The number of anilines is 2. The van der Waals surface area contributed by atoms with Crippen LogP contribution in [-0.2, 0) is 11.2 Å². The second-order valence-electron chi connectivity index (χ2n) is 7.19. The maximum Gasteiger partial charge on any atom is 0.266 e. The molecule has 5 rings (SSSR count). The molecule has 0 atom stereocenters. The van der Waals surface area contributed by atoms with Gasteiger partial charge in [0.05, 0.1) is 28.9 Å². The van der Waals surface area contributed by atoms with E-state index < -0.39 is 0 Å². The minimum Gasteiger partial charge on any atom is -0.326 e. The van der Waals surface area contributed by atoms with Crippen LogP contribution < -0.4 is 10.2 Å². The SMILES string of the molecule is O=C(Cc1ccc(-n2cnnn2)cc1)Nc1cccc(N2C(=O)c3ccccc3C2=O)c1. The molecule has 1 aromatic heterocycles. The Morgan fingerprint density at radius 3 is 2.22 bits per heavy atom. The van der Waals surface area contributed by atoms with E-state index in [0.29, 0.717) is 22.5 Å². The zero-order valence-corrected chi connectivity index (χ0v) is 16.7. The number of hydrogen-bond acceptors (Lipinski definition) is 6. The lowest BCUT2D eigenvalue weighted by Gasteiger charge is -2.15. The van der Waals surface area contributed by atoms with Gasteiger partial charge in [0, 0.05) is 5.69 Å². The van der Waals surface area contributed by atoms with Crippen molar-refractivity contribution < 1.29 is 14.4 Å². The van der Waals surface area contributed by atoms with Crippen molar-refractivity contribution in [2.45, 2.75) is 6.42 Å². The molecule has 3 amide bonds. The number of hydrogen-bond donors (Lipinski definition) is 1. The van der Waals surface area contributed by atoms with Gasteiger partial charge in [0.2, 0.25) is 5.91 Å². The molecule has 4 aromatic rings. The number of rotatable bonds is 5. The van der Waals surface area contributed by atoms with Crippen LogP contribution in [0, 0.1) is 0 Å². The van der Waals surface area contributed by atoms with Crippen molar-refractivity contribution in [1.29, 1.82) is 0 Å². The maximum atomic E-state index is 12.7. The van der Waals surface area contributed by atoms with Gasteiger partial charge in [-0.2, -0.15) is 0 Å². The van der Waals surface area contributed by atoms with Crippen LogP contribution in [0.1, 0.15) is 26.3 Å². The molecule has 1 N–H and O–H groups in total. The van der Waals surface area contributed by atoms with Gasteiger partial charge in [0.1, 0.15) is 6.33 Å². The van der Waals surface area contributed by atoms with E-state index in [0.717, 1.165) is 16.2 Å². The van der Waals surface area contributed by atoms with E-state index in [1.165, 1.54) is 11.0 Å². The highest BCUT2D eigenvalue weighted by atomic mass is 16.2. The van der Waals surface area contributed by atoms with Crippen LogP contribution >= 0.6 is 0 Å². The number of benzene rings is 3. The van der Waals surface area contributed by atoms with Gasteiger partial charge >= 0.3 is 0 Å². The number of amides is 3. The van der Waals surface area contributed by atoms with Crippen LogP contribution in [0.25, 0.3) is 5.69 Å². The van der Waals surface area contributed by atoms with E-state index >= 15 is 0 Å². The lowest BCUT2D eigenvalue weighted by Crippen LogP contribution is -2.29. The molecule has 0 saturated carbocycles. The molecule has 9 nitrogen and oxygen atoms in total. The summed E-state index contributed by atoms with van der Waals surface area (Å²) in [6.45, 7) is 0. The summed E-state index contributed by atoms with van der Waals surface area (Å²) in [6, 6.07) is 20.7. The standard InChI is InChI=1S/C23H16N6O3/c30-21(12-15-8-10-17(11-9-15)28-14-24-26-27-28)25-16-4-3-5-18(13-16)29-22(31)19-6-1-2-7-20(19)23(29)32/h1-11,13-14H,12H2,(H,25,30). The Labute approximate surface area is 182 Å². The Bertz CT molecular complexity index is 1300. The normalized spacial score (nSPS) is 12.7. The van der Waals surface area contributed by atoms with E-state index in [1.807, 2.05) is 24.3 Å². The molecule has 0 radical (unpaired) electrons. The fourth-order valence-corrected chi connectivity index (χ4v) is 3.58. The Hall–Kier alpha value is -4.66. The molecule has 156 valence electrons. The van der Waals surface area contributed by atoms with E-state index in [2.05, 4.69) is 20.8 Å². The molecule has 32 heavy (non-hydrogen) atoms. The van der Waals surface area contributed by atoms with Gasteiger partial charge in [-0.15, -0.1) is 5.10 Å². The fraction of sp³-hybridized carbons (Fsp3) is 0.0435. The largest absolute Gasteiger partial charge is 0.326 e. The molecule has 1 aliphatic rings. The third kappa shape index (κ3) is 3.52. The molecule has 9 heteroatoms. The number of imide groups is 1. The van der Waals surface area contributed by atoms with Gasteiger partial charge in [-0.25, -0.2) is 9.58 Å². The average molecular weight is 424 g/mol. The second-order valence-corrected chi connectivity index (χ2v) is 7.19. The lowest BCUT2D eigenvalue weighted by atomic mass is 10.1. The first-order valence-electron chi connectivity index (χ1n) is 9.80. The minimum atomic E-state index is -0.378. The first kappa shape index (κ1) is 19.3. The summed E-state index contributed by atoms with van der Waals surface area (Å²) in [5.41, 5.74) is 3.24. The predicted octanol–water partition coefficient (Wildman–Crippen LogP) is 2.64. The number of nitrogens with one attached hydrogen (secondary N) is 1. The Kier molecular flexibility index (Phi) is 4.75. The zero-order chi connectivity index (χ0) is 22.1. The molecular weight excluding hydrogens is 408 g/mol. The summed E-state index contributed by atoms with van der Waals surface area (Å²) in [5.74, 6) is -0.979. The summed E-state index contributed by atoms with van der Waals surface area (Å²) in [4.78, 5) is 39.1. The molecule has 0 saturated heterocycles. The smallest absolute Gasteiger partial charge is 0.266 e. The number of carbonyl (C=O) groups is 3. The van der Waals surface area contributed by atoms with Crippen molar-refractivity contribution in [3.8, 4) is 5.69 Å². The van der Waals surface area contributed by atoms with Gasteiger partial charge in [-0.05, 0) is 58.5 Å². The fourth-order valence-electron chi connectivity index (χ4n) is 3.58. The average Bonchev–Trinajstić information content (AvgIpc) is 3.42. The highest BCUT2D eigenvalue weighted by molar-refractivity contribution is 6.34. The van der Waals surface area contributed by atoms with Crippen molar-refractivity contribution in [3.63, 3.8) is 0 Å². The van der Waals surface area contributed by atoms with E-state index in [-0.39, 0.29) is 24.1 Å². The number of tetrazole rings is 1. The molecule has 2 heterocycles. The van der Waals surface area contributed by atoms with Crippen LogP contribution in [0.15, 0.2) is 79.1 Å². The van der Waals surface area contributed by atoms with E-state index in [1.54, 1.807) is 48.5 Å². The topological polar surface area (TPSA) is 110 Å². The second kappa shape index (κ2) is 7.88. The molecule has 1 aliphatic heterocycles. The molecule has 0 fully saturated rings. The van der Waals surface area contributed by atoms with Crippen molar-refractivity contribution in [1.82, 2.24) is 20.2 Å². The number of fused-ring (bicyclic) bond motifs is 1. The van der Waals surface area contributed by atoms with Crippen LogP contribution in [0.4, 0.5) is 11.4 Å². The summed E-state index contributed by atoms with van der Waals surface area (Å²) in [7, 11) is 0. The zero-order valence-electron chi connectivity index (χ0n) is 16.7. The Morgan fingerprint density at radius 2 is 1.56 bits per heavy atom. The third-order valence-electron chi connectivity index (χ3n) is 5.10. The van der Waals surface area contributed by atoms with Gasteiger partial charge in [0.15, 0.2) is 0 Å². The van der Waals surface area contributed by atoms with Crippen LogP contribution in [0.3, 0.4) is 0 Å². The molecule has 0 spiro atoms. The summed E-state index contributed by atoms with van der Waals surface area (Å²) < 4.78 is 1.52. The van der Waals surface area contributed by atoms with Crippen molar-refractivity contribution in [3.05, 3.63) is 95.8 Å². The molecule has 3 aromatic carbocycles. The Morgan fingerprint density at radius 1 is 0.844 bits per heavy atom. The summed E-state index contributed by atoms with van der Waals surface area (Å²) in [6.07, 6.45) is 1.65. The van der Waals surface area contributed by atoms with Crippen molar-refractivity contribution >= 4 is 29.1 Å². The first-order chi connectivity index (χ1) is 15.6. The molecule has 0 unspecified atom stereocenters. The number of aromatic nitrogens is 4. The van der Waals surface area contributed by atoms with Crippen molar-refractivity contribution in [2.24, 2.45) is 0 Å². The number of nitrogens with zero attached hydrogens (tertiary/aromatic N) is 5. The molecular formula is C23H16N6O3. The van der Waals surface area contributed by atoms with Gasteiger partial charge in [-0.3, -0.25) is 14.4 Å². The summed E-state index contributed by atoms with van der Waals surface area (Å²) >= 11 is 0. The Balaban J connectivity index is 1.29. The maximum absolute atomic E-state index is 12.7. The summed E-state index contributed by atoms with van der Waals surface area (Å²) in [5, 5.41) is 13.8. The van der Waals surface area contributed by atoms with E-state index in [9.17, 15) is 14.4 Å². The van der Waals surface area contributed by atoms with Crippen molar-refractivity contribution in [2.75, 3.05) is 10.2 Å². The lowest BCUT2D eigenvalue weighted by molar-refractivity contribution is -0.115. The van der Waals surface area contributed by atoms with Gasteiger partial charge in [-0.1, -0.05) is 30.3 Å². The van der Waals surface area contributed by atoms with Crippen LogP contribution in [0.2, 0.25) is 0 Å². The molecule has 0 aliphatic carbocycles.